The molecule has 0 fully saturated rings. The highest BCUT2D eigenvalue weighted by atomic mass is 19.1. The van der Waals surface area contributed by atoms with Crippen LogP contribution in [0, 0.1) is 5.82 Å². The van der Waals surface area contributed by atoms with Crippen LogP contribution < -0.4 is 10.9 Å². The number of carboxylic acid groups (broad SMARTS) is 1. The lowest BCUT2D eigenvalue weighted by Gasteiger charge is -2.07. The maximum Gasteiger partial charge on any atom is 0.322 e. The van der Waals surface area contributed by atoms with Crippen molar-refractivity contribution in [2.24, 2.45) is 0 Å². The van der Waals surface area contributed by atoms with E-state index in [-0.39, 0.29) is 11.3 Å². The zero-order valence-electron chi connectivity index (χ0n) is 11.3. The smallest absolute Gasteiger partial charge is 0.322 e. The summed E-state index contributed by atoms with van der Waals surface area (Å²) < 4.78 is 14.6. The highest BCUT2D eigenvalue weighted by Gasteiger charge is 2.10. The van der Waals surface area contributed by atoms with Crippen LogP contribution in [-0.2, 0) is 16.1 Å². The third kappa shape index (κ3) is 3.75. The van der Waals surface area contributed by atoms with Gasteiger partial charge in [-0.2, -0.15) is 5.10 Å². The summed E-state index contributed by atoms with van der Waals surface area (Å²) in [6.07, 6.45) is 0. The number of carbonyl (C=O) groups excluding carboxylic acids is 1. The van der Waals surface area contributed by atoms with E-state index in [4.69, 9.17) is 5.11 Å². The van der Waals surface area contributed by atoms with Gasteiger partial charge in [-0.25, -0.2) is 9.07 Å². The minimum atomic E-state index is -1.20. The molecule has 7 nitrogen and oxygen atoms in total. The van der Waals surface area contributed by atoms with E-state index in [1.54, 1.807) is 6.07 Å². The summed E-state index contributed by atoms with van der Waals surface area (Å²) in [5.41, 5.74) is -0.156. The van der Waals surface area contributed by atoms with E-state index in [9.17, 15) is 18.8 Å². The number of halogens is 1. The van der Waals surface area contributed by atoms with Crippen molar-refractivity contribution in [3.8, 4) is 11.3 Å². The average Bonchev–Trinajstić information content (AvgIpc) is 2.48. The van der Waals surface area contributed by atoms with Gasteiger partial charge in [0.15, 0.2) is 0 Å². The molecule has 2 N–H and O–H groups in total. The quantitative estimate of drug-likeness (QED) is 0.824. The molecule has 114 valence electrons. The van der Waals surface area contributed by atoms with Gasteiger partial charge in [-0.15, -0.1) is 0 Å². The van der Waals surface area contributed by atoms with Gasteiger partial charge < -0.3 is 10.4 Å². The molecule has 1 amide bonds. The van der Waals surface area contributed by atoms with Gasteiger partial charge in [0.05, 0.1) is 5.69 Å². The van der Waals surface area contributed by atoms with Crippen LogP contribution in [0.3, 0.4) is 0 Å². The first kappa shape index (κ1) is 15.4. The van der Waals surface area contributed by atoms with Crippen LogP contribution >= 0.6 is 0 Å². The van der Waals surface area contributed by atoms with E-state index < -0.39 is 36.3 Å². The second-order valence-electron chi connectivity index (χ2n) is 4.36. The number of carboxylic acids is 1. The van der Waals surface area contributed by atoms with Crippen molar-refractivity contribution in [2.45, 2.75) is 6.54 Å². The molecule has 0 atom stereocenters. The molecular formula is C14H12FN3O4. The predicted octanol–water partition coefficient (Wildman–Crippen LogP) is 0.250. The molecule has 2 aromatic rings. The van der Waals surface area contributed by atoms with Crippen LogP contribution in [-0.4, -0.2) is 33.3 Å². The van der Waals surface area contributed by atoms with Gasteiger partial charge in [0, 0.05) is 11.6 Å². The molecule has 22 heavy (non-hydrogen) atoms. The molecule has 2 rings (SSSR count). The number of carbonyl (C=O) groups is 2. The normalized spacial score (nSPS) is 10.2. The summed E-state index contributed by atoms with van der Waals surface area (Å²) >= 11 is 0. The van der Waals surface area contributed by atoms with Crippen LogP contribution in [0.2, 0.25) is 0 Å². The SMILES string of the molecule is O=C(O)CNC(=O)Cn1nc(-c2ccccc2F)ccc1=O. The standard InChI is InChI=1S/C14H12FN3O4/c15-10-4-2-1-3-9(10)11-5-6-13(20)18(17-11)8-12(19)16-7-14(21)22/h1-6H,7-8H2,(H,16,19)(H,21,22). The number of amides is 1. The molecule has 8 heteroatoms. The van der Waals surface area contributed by atoms with Crippen LogP contribution in [0.15, 0.2) is 41.2 Å². The third-order valence-corrected chi connectivity index (χ3v) is 2.75. The number of nitrogens with one attached hydrogen (secondary N) is 1. The summed E-state index contributed by atoms with van der Waals surface area (Å²) in [5, 5.41) is 14.5. The summed E-state index contributed by atoms with van der Waals surface area (Å²) in [5.74, 6) is -2.38. The van der Waals surface area contributed by atoms with E-state index in [0.29, 0.717) is 0 Å². The topological polar surface area (TPSA) is 101 Å². The Morgan fingerprint density at radius 2 is 1.95 bits per heavy atom. The van der Waals surface area contributed by atoms with Gasteiger partial charge in [0.2, 0.25) is 5.91 Å². The number of hydrogen-bond acceptors (Lipinski definition) is 4. The molecule has 0 saturated heterocycles. The predicted molar refractivity (Wildman–Crippen MR) is 74.5 cm³/mol. The van der Waals surface area contributed by atoms with E-state index in [2.05, 4.69) is 10.4 Å². The third-order valence-electron chi connectivity index (χ3n) is 2.75. The Balaban J connectivity index is 2.24. The number of hydrogen-bond donors (Lipinski definition) is 2. The molecule has 0 aliphatic rings. The highest BCUT2D eigenvalue weighted by Crippen LogP contribution is 2.18. The van der Waals surface area contributed by atoms with Crippen LogP contribution in [0.5, 0.6) is 0 Å². The van der Waals surface area contributed by atoms with Crippen molar-refractivity contribution in [3.63, 3.8) is 0 Å². The lowest BCUT2D eigenvalue weighted by atomic mass is 10.1. The van der Waals surface area contributed by atoms with Gasteiger partial charge >= 0.3 is 5.97 Å². The van der Waals surface area contributed by atoms with Crippen molar-refractivity contribution in [1.82, 2.24) is 15.1 Å². The zero-order chi connectivity index (χ0) is 16.1. The molecule has 0 unspecified atom stereocenters. The molecule has 0 radical (unpaired) electrons. The molecule has 0 bridgehead atoms. The fourth-order valence-electron chi connectivity index (χ4n) is 1.74. The molecule has 0 aliphatic carbocycles. The van der Waals surface area contributed by atoms with E-state index in [1.165, 1.54) is 30.3 Å². The molecule has 1 aromatic carbocycles. The Bertz CT molecular complexity index is 773. The van der Waals surface area contributed by atoms with Crippen LogP contribution in [0.4, 0.5) is 4.39 Å². The van der Waals surface area contributed by atoms with Gasteiger partial charge in [-0.1, -0.05) is 12.1 Å². The van der Waals surface area contributed by atoms with Crippen molar-refractivity contribution < 1.29 is 19.1 Å². The van der Waals surface area contributed by atoms with Crippen molar-refractivity contribution in [3.05, 3.63) is 52.6 Å². The Morgan fingerprint density at radius 3 is 2.64 bits per heavy atom. The Kier molecular flexibility index (Phi) is 4.62. The lowest BCUT2D eigenvalue weighted by Crippen LogP contribution is -2.36. The zero-order valence-corrected chi connectivity index (χ0v) is 11.3. The molecule has 0 saturated carbocycles. The first-order valence-electron chi connectivity index (χ1n) is 6.29. The van der Waals surface area contributed by atoms with Crippen molar-refractivity contribution in [2.75, 3.05) is 6.54 Å². The Morgan fingerprint density at radius 1 is 1.23 bits per heavy atom. The maximum atomic E-state index is 13.7. The molecule has 0 aliphatic heterocycles. The minimum Gasteiger partial charge on any atom is -0.480 e. The summed E-state index contributed by atoms with van der Waals surface area (Å²) in [6.45, 7) is -1.00. The number of benzene rings is 1. The Hall–Kier alpha value is -3.03. The monoisotopic (exact) mass is 305 g/mol. The van der Waals surface area contributed by atoms with Crippen LogP contribution in [0.25, 0.3) is 11.3 Å². The van der Waals surface area contributed by atoms with Crippen LogP contribution in [0.1, 0.15) is 0 Å². The first-order chi connectivity index (χ1) is 10.5. The lowest BCUT2D eigenvalue weighted by molar-refractivity contribution is -0.138. The number of aromatic nitrogens is 2. The van der Waals surface area contributed by atoms with Gasteiger partial charge in [-0.05, 0) is 18.2 Å². The van der Waals surface area contributed by atoms with E-state index in [1.807, 2.05) is 0 Å². The number of nitrogens with zero attached hydrogens (tertiary/aromatic N) is 2. The highest BCUT2D eigenvalue weighted by molar-refractivity contribution is 5.80. The summed E-state index contributed by atoms with van der Waals surface area (Å²) in [4.78, 5) is 33.6. The Labute approximate surface area is 124 Å². The fraction of sp³-hybridized carbons (Fsp3) is 0.143. The second-order valence-corrected chi connectivity index (χ2v) is 4.36. The van der Waals surface area contributed by atoms with Crippen molar-refractivity contribution >= 4 is 11.9 Å². The molecule has 0 spiro atoms. The summed E-state index contributed by atoms with van der Waals surface area (Å²) in [6, 6.07) is 8.41. The van der Waals surface area contributed by atoms with Crippen molar-refractivity contribution in [1.29, 1.82) is 0 Å². The largest absolute Gasteiger partial charge is 0.480 e. The van der Waals surface area contributed by atoms with Gasteiger partial charge in [0.25, 0.3) is 5.56 Å². The average molecular weight is 305 g/mol. The maximum absolute atomic E-state index is 13.7. The van der Waals surface area contributed by atoms with E-state index in [0.717, 1.165) is 4.68 Å². The van der Waals surface area contributed by atoms with Gasteiger partial charge in [0.1, 0.15) is 18.9 Å². The first-order valence-corrected chi connectivity index (χ1v) is 6.29. The molecular weight excluding hydrogens is 293 g/mol. The molecule has 1 aromatic heterocycles. The summed E-state index contributed by atoms with van der Waals surface area (Å²) in [7, 11) is 0. The number of rotatable bonds is 5. The second kappa shape index (κ2) is 6.61. The number of aliphatic carboxylic acids is 1. The molecule has 1 heterocycles. The van der Waals surface area contributed by atoms with Gasteiger partial charge in [-0.3, -0.25) is 14.4 Å². The fourth-order valence-corrected chi connectivity index (χ4v) is 1.74. The van der Waals surface area contributed by atoms with E-state index >= 15 is 0 Å². The minimum absolute atomic E-state index is 0.196.